The largest absolute Gasteiger partial charge is 0.478 e. The van der Waals surface area contributed by atoms with Gasteiger partial charge in [0.2, 0.25) is 5.78 Å². The fourth-order valence-corrected chi connectivity index (χ4v) is 7.37. The van der Waals surface area contributed by atoms with Crippen molar-refractivity contribution in [3.05, 3.63) is 66.2 Å². The molecule has 0 fully saturated rings. The zero-order chi connectivity index (χ0) is 41.3. The van der Waals surface area contributed by atoms with Crippen molar-refractivity contribution in [1.82, 2.24) is 0 Å². The lowest BCUT2D eigenvalue weighted by molar-refractivity contribution is -0.147. The van der Waals surface area contributed by atoms with Gasteiger partial charge in [-0.25, -0.2) is 4.79 Å². The van der Waals surface area contributed by atoms with E-state index in [0.29, 0.717) is 29.3 Å². The van der Waals surface area contributed by atoms with Gasteiger partial charge in [-0.15, -0.1) is 0 Å². The first-order chi connectivity index (χ1) is 25.9. The minimum Gasteiger partial charge on any atom is -0.478 e. The van der Waals surface area contributed by atoms with E-state index in [-0.39, 0.29) is 29.3 Å². The van der Waals surface area contributed by atoms with Gasteiger partial charge in [0.25, 0.3) is 5.91 Å². The number of nitrogens with two attached hydrogens (primary N) is 1. The van der Waals surface area contributed by atoms with E-state index in [1.165, 1.54) is 12.5 Å². The molecule has 0 aliphatic carbocycles. The number of nitrogens with one attached hydrogen (secondary N) is 1. The van der Waals surface area contributed by atoms with Gasteiger partial charge < -0.3 is 35.6 Å². The fraction of sp³-hybridized carbons (Fsp3) is 0.578. The standard InChI is InChI=1S/C45H69N3O7/c1-11-34(40(49)42(46)50)39-36(23-20-25-38(39)55-41(31(3)4)43(51)52)47-27-18-13-17-26-44(7,8)29-32(5)21-16-19-28-48(12-2)37-24-15-14-22-35(37)33(6)45(9,53)30-54-10/h11,14-15,20,22-25,31-32,41,47,53H,6,12-13,16-19,21,26-30H2,1-5,7-10H3,(H2,46,50)(H,51,52)/b34-11-. The molecule has 10 heteroatoms. The maximum Gasteiger partial charge on any atom is 0.345 e. The molecule has 10 nitrogen and oxygen atoms in total. The van der Waals surface area contributed by atoms with Crippen molar-refractivity contribution in [2.75, 3.05) is 43.6 Å². The van der Waals surface area contributed by atoms with Gasteiger partial charge in [-0.1, -0.05) is 97.2 Å². The molecule has 0 aliphatic rings. The van der Waals surface area contributed by atoms with E-state index in [2.05, 4.69) is 50.6 Å². The molecular formula is C45H69N3O7. The highest BCUT2D eigenvalue weighted by Crippen LogP contribution is 2.37. The number of methoxy groups -OCH3 is 1. The quantitative estimate of drug-likeness (QED) is 0.0398. The number of amides is 1. The van der Waals surface area contributed by atoms with E-state index in [0.717, 1.165) is 69.3 Å². The highest BCUT2D eigenvalue weighted by molar-refractivity contribution is 6.53. The van der Waals surface area contributed by atoms with Gasteiger partial charge in [-0.3, -0.25) is 9.59 Å². The number of carbonyl (C=O) groups is 3. The molecule has 5 N–H and O–H groups in total. The van der Waals surface area contributed by atoms with Crippen molar-refractivity contribution >= 4 is 40.2 Å². The van der Waals surface area contributed by atoms with Gasteiger partial charge in [0.15, 0.2) is 6.10 Å². The van der Waals surface area contributed by atoms with Crippen LogP contribution in [0.15, 0.2) is 55.1 Å². The average molecular weight is 764 g/mol. The maximum absolute atomic E-state index is 12.8. The first-order valence-electron chi connectivity index (χ1n) is 19.9. The van der Waals surface area contributed by atoms with Crippen LogP contribution in [0.5, 0.6) is 5.75 Å². The van der Waals surface area contributed by atoms with Crippen molar-refractivity contribution < 1.29 is 34.1 Å². The van der Waals surface area contributed by atoms with Crippen molar-refractivity contribution in [1.29, 1.82) is 0 Å². The number of nitrogens with zero attached hydrogens (tertiary/aromatic N) is 1. The number of Topliss-reactive ketones (excluding diaryl/α,β-unsaturated/α-hetero) is 1. The van der Waals surface area contributed by atoms with E-state index >= 15 is 0 Å². The number of unbranched alkanes of at least 4 members (excludes halogenated alkanes) is 3. The van der Waals surface area contributed by atoms with E-state index in [4.69, 9.17) is 15.2 Å². The topological polar surface area (TPSA) is 151 Å². The Hall–Kier alpha value is -4.15. The van der Waals surface area contributed by atoms with Gasteiger partial charge in [-0.2, -0.15) is 0 Å². The highest BCUT2D eigenvalue weighted by atomic mass is 16.5. The van der Waals surface area contributed by atoms with Crippen LogP contribution in [0.25, 0.3) is 11.1 Å². The Morgan fingerprint density at radius 1 is 1.00 bits per heavy atom. The summed E-state index contributed by atoms with van der Waals surface area (Å²) in [5, 5.41) is 24.1. The smallest absolute Gasteiger partial charge is 0.345 e. The van der Waals surface area contributed by atoms with Crippen molar-refractivity contribution in [3.8, 4) is 5.75 Å². The van der Waals surface area contributed by atoms with Crippen LogP contribution in [0.1, 0.15) is 118 Å². The number of carbonyl (C=O) groups excluding carboxylic acids is 2. The lowest BCUT2D eigenvalue weighted by atomic mass is 9.78. The van der Waals surface area contributed by atoms with E-state index < -0.39 is 29.4 Å². The normalized spacial score (nSPS) is 14.2. The number of aliphatic hydroxyl groups is 1. The maximum atomic E-state index is 12.8. The SMILES string of the molecule is C=C(c1ccccc1N(CC)CCCCC(C)CC(C)(C)CCCCCNc1cccc(OC(C(=O)O)C(C)C)c1/C(=C/C)C(=O)C(N)=O)C(C)(O)COC. The minimum atomic E-state index is -1.15. The van der Waals surface area contributed by atoms with Crippen LogP contribution in [0, 0.1) is 17.3 Å². The van der Waals surface area contributed by atoms with Gasteiger partial charge in [0.05, 0.1) is 12.2 Å². The molecule has 55 heavy (non-hydrogen) atoms. The van der Waals surface area contributed by atoms with Crippen LogP contribution >= 0.6 is 0 Å². The average Bonchev–Trinajstić information content (AvgIpc) is 3.12. The summed E-state index contributed by atoms with van der Waals surface area (Å²) in [4.78, 5) is 39.0. The van der Waals surface area contributed by atoms with Crippen LogP contribution in [-0.4, -0.2) is 72.9 Å². The number of carboxylic acids is 1. The van der Waals surface area contributed by atoms with Crippen LogP contribution in [0.2, 0.25) is 0 Å². The molecule has 0 saturated carbocycles. The number of allylic oxidation sites excluding steroid dienone is 1. The molecule has 0 aromatic heterocycles. The molecular weight excluding hydrogens is 695 g/mol. The summed E-state index contributed by atoms with van der Waals surface area (Å²) in [7, 11) is 1.59. The first kappa shape index (κ1) is 47.0. The summed E-state index contributed by atoms with van der Waals surface area (Å²) in [6.07, 6.45) is 9.03. The third-order valence-corrected chi connectivity index (χ3v) is 10.3. The number of hydrogen-bond acceptors (Lipinski definition) is 8. The lowest BCUT2D eigenvalue weighted by Crippen LogP contribution is -2.33. The molecule has 0 radical (unpaired) electrons. The van der Waals surface area contributed by atoms with Crippen LogP contribution in [0.4, 0.5) is 11.4 Å². The number of para-hydroxylation sites is 1. The number of rotatable bonds is 27. The number of anilines is 2. The number of aliphatic carboxylic acids is 1. The Labute approximate surface area is 330 Å². The predicted octanol–water partition coefficient (Wildman–Crippen LogP) is 8.76. The number of ketones is 1. The summed E-state index contributed by atoms with van der Waals surface area (Å²) >= 11 is 0. The molecule has 3 unspecified atom stereocenters. The van der Waals surface area contributed by atoms with Gasteiger partial charge >= 0.3 is 5.97 Å². The number of hydrogen-bond donors (Lipinski definition) is 4. The molecule has 2 aromatic carbocycles. The molecule has 0 heterocycles. The van der Waals surface area contributed by atoms with Crippen molar-refractivity contribution in [2.45, 2.75) is 118 Å². The molecule has 0 bridgehead atoms. The number of primary amides is 1. The molecule has 0 spiro atoms. The third kappa shape index (κ3) is 14.5. The van der Waals surface area contributed by atoms with E-state index in [9.17, 15) is 24.6 Å². The van der Waals surface area contributed by atoms with E-state index in [1.54, 1.807) is 53.0 Å². The summed E-state index contributed by atoms with van der Waals surface area (Å²) in [5.74, 6) is -2.60. The second-order valence-corrected chi connectivity index (χ2v) is 16.2. The second-order valence-electron chi connectivity index (χ2n) is 16.2. The number of ether oxygens (including phenoxy) is 2. The summed E-state index contributed by atoms with van der Waals surface area (Å²) in [5.41, 5.74) is 8.13. The number of carboxylic acid groups (broad SMARTS) is 1. The highest BCUT2D eigenvalue weighted by Gasteiger charge is 2.30. The molecule has 2 aromatic rings. The molecule has 306 valence electrons. The molecule has 1 amide bonds. The number of benzene rings is 2. The zero-order valence-corrected chi connectivity index (χ0v) is 35.0. The van der Waals surface area contributed by atoms with Gasteiger partial charge in [0, 0.05) is 55.2 Å². The van der Waals surface area contributed by atoms with Gasteiger partial charge in [0.1, 0.15) is 11.4 Å². The molecule has 0 aliphatic heterocycles. The van der Waals surface area contributed by atoms with E-state index in [1.807, 2.05) is 18.2 Å². The molecule has 3 atom stereocenters. The summed E-state index contributed by atoms with van der Waals surface area (Å²) in [6, 6.07) is 13.3. The van der Waals surface area contributed by atoms with Crippen LogP contribution < -0.4 is 20.7 Å². The Morgan fingerprint density at radius 3 is 2.29 bits per heavy atom. The van der Waals surface area contributed by atoms with Crippen molar-refractivity contribution in [3.63, 3.8) is 0 Å². The Kier molecular flexibility index (Phi) is 19.2. The fourth-order valence-electron chi connectivity index (χ4n) is 7.37. The predicted molar refractivity (Wildman–Crippen MR) is 225 cm³/mol. The second kappa shape index (κ2) is 22.4. The third-order valence-electron chi connectivity index (χ3n) is 10.3. The van der Waals surface area contributed by atoms with Crippen LogP contribution in [-0.2, 0) is 19.1 Å². The minimum absolute atomic E-state index is 0.0672. The molecule has 2 rings (SSSR count). The zero-order valence-electron chi connectivity index (χ0n) is 35.0. The van der Waals surface area contributed by atoms with Gasteiger partial charge in [-0.05, 0) is 81.6 Å². The monoisotopic (exact) mass is 764 g/mol. The first-order valence-corrected chi connectivity index (χ1v) is 19.9. The Balaban J connectivity index is 1.91. The Bertz CT molecular complexity index is 1600. The van der Waals surface area contributed by atoms with Crippen LogP contribution in [0.3, 0.4) is 0 Å². The Morgan fingerprint density at radius 2 is 1.69 bits per heavy atom. The lowest BCUT2D eigenvalue weighted by Gasteiger charge is -2.31. The summed E-state index contributed by atoms with van der Waals surface area (Å²) in [6.45, 7) is 23.0. The van der Waals surface area contributed by atoms with Crippen molar-refractivity contribution in [2.24, 2.45) is 23.0 Å². The molecule has 0 saturated heterocycles. The summed E-state index contributed by atoms with van der Waals surface area (Å²) < 4.78 is 11.2.